The van der Waals surface area contributed by atoms with Crippen molar-refractivity contribution in [3.8, 4) is 0 Å². The van der Waals surface area contributed by atoms with E-state index in [1.165, 1.54) is 17.9 Å². The second kappa shape index (κ2) is 7.01. The summed E-state index contributed by atoms with van der Waals surface area (Å²) in [5.74, 6) is 1.47. The van der Waals surface area contributed by atoms with Crippen LogP contribution >= 0.6 is 27.7 Å². The predicted octanol–water partition coefficient (Wildman–Crippen LogP) is 3.49. The molecule has 1 fully saturated rings. The van der Waals surface area contributed by atoms with Gasteiger partial charge in [0.05, 0.1) is 0 Å². The Balaban J connectivity index is 2.15. The van der Waals surface area contributed by atoms with E-state index in [9.17, 15) is 4.79 Å². The Hall–Kier alpha value is -0.940. The van der Waals surface area contributed by atoms with E-state index in [2.05, 4.69) is 33.0 Å². The largest absolute Gasteiger partial charge is 0.478 e. The summed E-state index contributed by atoms with van der Waals surface area (Å²) in [6.07, 6.45) is 3.97. The van der Waals surface area contributed by atoms with E-state index in [1.807, 2.05) is 17.8 Å². The predicted molar refractivity (Wildman–Crippen MR) is 85.0 cm³/mol. The van der Waals surface area contributed by atoms with Gasteiger partial charge in [0.2, 0.25) is 0 Å². The van der Waals surface area contributed by atoms with Crippen LogP contribution < -0.4 is 4.90 Å². The van der Waals surface area contributed by atoms with Crippen LogP contribution in [0.5, 0.6) is 0 Å². The first kappa shape index (κ1) is 14.5. The highest BCUT2D eigenvalue weighted by molar-refractivity contribution is 9.10. The van der Waals surface area contributed by atoms with Gasteiger partial charge in [0, 0.05) is 35.1 Å². The number of hydrogen-bond donors (Lipinski definition) is 1. The molecule has 0 atom stereocenters. The molecule has 0 saturated carbocycles. The lowest BCUT2D eigenvalue weighted by Gasteiger charge is -2.22. The highest BCUT2D eigenvalue weighted by atomic mass is 79.9. The van der Waals surface area contributed by atoms with E-state index in [-0.39, 0.29) is 0 Å². The smallest absolute Gasteiger partial charge is 0.328 e. The molecule has 1 N–H and O–H groups in total. The Bertz CT molecular complexity index is 482. The van der Waals surface area contributed by atoms with Crippen molar-refractivity contribution in [2.24, 2.45) is 0 Å². The van der Waals surface area contributed by atoms with Crippen molar-refractivity contribution in [2.45, 2.75) is 6.42 Å². The van der Waals surface area contributed by atoms with Crippen LogP contribution in [0.25, 0.3) is 6.08 Å². The van der Waals surface area contributed by atoms with Crippen molar-refractivity contribution in [3.05, 3.63) is 34.3 Å². The summed E-state index contributed by atoms with van der Waals surface area (Å²) in [5, 5.41) is 8.64. The molecule has 0 unspecified atom stereocenters. The second-order valence-corrected chi connectivity index (χ2v) is 6.41. The van der Waals surface area contributed by atoms with Crippen molar-refractivity contribution >= 4 is 45.4 Å². The average molecular weight is 342 g/mol. The number of thioether (sulfide) groups is 1. The van der Waals surface area contributed by atoms with Crippen LogP contribution in [0, 0.1) is 0 Å². The van der Waals surface area contributed by atoms with Gasteiger partial charge in [-0.05, 0) is 35.9 Å². The lowest BCUT2D eigenvalue weighted by molar-refractivity contribution is -0.131. The fourth-order valence-corrected chi connectivity index (χ4v) is 3.40. The van der Waals surface area contributed by atoms with E-state index >= 15 is 0 Å². The summed E-state index contributed by atoms with van der Waals surface area (Å²) >= 11 is 5.51. The minimum absolute atomic E-state index is 0.885. The summed E-state index contributed by atoms with van der Waals surface area (Å²) in [5.41, 5.74) is 2.08. The van der Waals surface area contributed by atoms with Crippen molar-refractivity contribution in [3.63, 3.8) is 0 Å². The molecular weight excluding hydrogens is 326 g/mol. The van der Waals surface area contributed by atoms with Crippen LogP contribution in [0.3, 0.4) is 0 Å². The van der Waals surface area contributed by atoms with E-state index in [0.717, 1.165) is 35.0 Å². The lowest BCUT2D eigenvalue weighted by Crippen LogP contribution is -2.25. The van der Waals surface area contributed by atoms with Crippen molar-refractivity contribution < 1.29 is 9.90 Å². The molecule has 19 heavy (non-hydrogen) atoms. The maximum absolute atomic E-state index is 10.5. The zero-order valence-electron chi connectivity index (χ0n) is 10.5. The summed E-state index contributed by atoms with van der Waals surface area (Å²) in [6.45, 7) is 2.16. The van der Waals surface area contributed by atoms with E-state index in [1.54, 1.807) is 6.08 Å². The first-order valence-corrected chi connectivity index (χ1v) is 8.15. The molecule has 0 aliphatic carbocycles. The standard InChI is InChI=1S/C14H16BrNO2S/c15-13-10-12(16-6-1-8-19-9-7-16)4-2-11(13)3-5-14(17)18/h2-5,10H,1,6-9H2,(H,17,18)/b5-3+. The lowest BCUT2D eigenvalue weighted by atomic mass is 10.1. The molecule has 1 aliphatic heterocycles. The van der Waals surface area contributed by atoms with Gasteiger partial charge in [-0.25, -0.2) is 4.79 Å². The zero-order chi connectivity index (χ0) is 13.7. The van der Waals surface area contributed by atoms with Crippen LogP contribution in [0.2, 0.25) is 0 Å². The maximum atomic E-state index is 10.5. The molecule has 0 spiro atoms. The van der Waals surface area contributed by atoms with Crippen molar-refractivity contribution in [1.29, 1.82) is 0 Å². The van der Waals surface area contributed by atoms with Crippen molar-refractivity contribution in [2.75, 3.05) is 29.5 Å². The number of benzene rings is 1. The number of halogens is 1. The highest BCUT2D eigenvalue weighted by Gasteiger charge is 2.11. The number of anilines is 1. The Labute approximate surface area is 125 Å². The number of carboxylic acids is 1. The van der Waals surface area contributed by atoms with Gasteiger partial charge in [0.15, 0.2) is 0 Å². The highest BCUT2D eigenvalue weighted by Crippen LogP contribution is 2.26. The molecule has 1 aromatic rings. The Morgan fingerprint density at radius 2 is 2.21 bits per heavy atom. The van der Waals surface area contributed by atoms with Crippen molar-refractivity contribution in [1.82, 2.24) is 0 Å². The fourth-order valence-electron chi connectivity index (χ4n) is 2.01. The van der Waals surface area contributed by atoms with Crippen LogP contribution in [-0.4, -0.2) is 35.7 Å². The topological polar surface area (TPSA) is 40.5 Å². The third-order valence-corrected chi connectivity index (χ3v) is 4.71. The molecule has 1 heterocycles. The third-order valence-electron chi connectivity index (χ3n) is 2.98. The maximum Gasteiger partial charge on any atom is 0.328 e. The molecule has 3 nitrogen and oxygen atoms in total. The minimum Gasteiger partial charge on any atom is -0.478 e. The molecule has 1 aliphatic rings. The first-order chi connectivity index (χ1) is 9.16. The number of hydrogen-bond acceptors (Lipinski definition) is 3. The van der Waals surface area contributed by atoms with Gasteiger partial charge >= 0.3 is 5.97 Å². The normalized spacial score (nSPS) is 16.6. The van der Waals surface area contributed by atoms with Gasteiger partial charge in [-0.1, -0.05) is 22.0 Å². The monoisotopic (exact) mass is 341 g/mol. The van der Waals surface area contributed by atoms with Crippen LogP contribution in [0.4, 0.5) is 5.69 Å². The molecule has 1 saturated heterocycles. The average Bonchev–Trinajstić information content (AvgIpc) is 2.66. The summed E-state index contributed by atoms with van der Waals surface area (Å²) in [6, 6.07) is 6.08. The summed E-state index contributed by atoms with van der Waals surface area (Å²) in [7, 11) is 0. The Kier molecular flexibility index (Phi) is 5.34. The van der Waals surface area contributed by atoms with E-state index in [4.69, 9.17) is 5.11 Å². The number of carboxylic acid groups (broad SMARTS) is 1. The van der Waals surface area contributed by atoms with Crippen LogP contribution in [0.1, 0.15) is 12.0 Å². The molecule has 0 amide bonds. The van der Waals surface area contributed by atoms with Gasteiger partial charge in [-0.15, -0.1) is 0 Å². The molecule has 0 aromatic heterocycles. The number of nitrogens with zero attached hydrogens (tertiary/aromatic N) is 1. The molecular formula is C14H16BrNO2S. The quantitative estimate of drug-likeness (QED) is 0.854. The Morgan fingerprint density at radius 1 is 1.37 bits per heavy atom. The van der Waals surface area contributed by atoms with E-state index in [0.29, 0.717) is 0 Å². The van der Waals surface area contributed by atoms with Gasteiger partial charge in [0.25, 0.3) is 0 Å². The second-order valence-electron chi connectivity index (χ2n) is 4.33. The number of carbonyl (C=O) groups is 1. The molecule has 0 radical (unpaired) electrons. The minimum atomic E-state index is -0.930. The third kappa shape index (κ3) is 4.28. The molecule has 0 bridgehead atoms. The van der Waals surface area contributed by atoms with Gasteiger partial charge in [0.1, 0.15) is 0 Å². The van der Waals surface area contributed by atoms with Crippen LogP contribution in [-0.2, 0) is 4.79 Å². The molecule has 5 heteroatoms. The Morgan fingerprint density at radius 3 is 2.95 bits per heavy atom. The van der Waals surface area contributed by atoms with Crippen LogP contribution in [0.15, 0.2) is 28.7 Å². The van der Waals surface area contributed by atoms with Gasteiger partial charge in [-0.2, -0.15) is 11.8 Å². The zero-order valence-corrected chi connectivity index (χ0v) is 12.9. The fraction of sp³-hybridized carbons (Fsp3) is 0.357. The first-order valence-electron chi connectivity index (χ1n) is 6.20. The number of aliphatic carboxylic acids is 1. The van der Waals surface area contributed by atoms with Gasteiger partial charge < -0.3 is 10.0 Å². The number of rotatable bonds is 3. The molecule has 1 aromatic carbocycles. The SMILES string of the molecule is O=C(O)/C=C/c1ccc(N2CCCSCC2)cc1Br. The molecule has 102 valence electrons. The van der Waals surface area contributed by atoms with E-state index < -0.39 is 5.97 Å². The summed E-state index contributed by atoms with van der Waals surface area (Å²) < 4.78 is 0.930. The van der Waals surface area contributed by atoms with Gasteiger partial charge in [-0.3, -0.25) is 0 Å². The summed E-state index contributed by atoms with van der Waals surface area (Å²) in [4.78, 5) is 12.9. The molecule has 2 rings (SSSR count).